The normalized spacial score (nSPS) is 35.6. The lowest BCUT2D eigenvalue weighted by Crippen LogP contribution is -2.43. The molecule has 0 aromatic rings. The second-order valence-electron chi connectivity index (χ2n) is 4.09. The summed E-state index contributed by atoms with van der Waals surface area (Å²) in [4.78, 5) is 0. The zero-order valence-electron chi connectivity index (χ0n) is 7.41. The van der Waals surface area contributed by atoms with Gasteiger partial charge in [-0.15, -0.1) is 5.92 Å². The highest BCUT2D eigenvalue weighted by Crippen LogP contribution is 2.55. The summed E-state index contributed by atoms with van der Waals surface area (Å²) in [5.74, 6) is 6.31. The van der Waals surface area contributed by atoms with E-state index in [9.17, 15) is 0 Å². The summed E-state index contributed by atoms with van der Waals surface area (Å²) >= 11 is 0. The van der Waals surface area contributed by atoms with E-state index in [2.05, 4.69) is 32.6 Å². The highest BCUT2D eigenvalue weighted by atomic mass is 14.5. The summed E-state index contributed by atoms with van der Waals surface area (Å²) in [5, 5.41) is 0. The van der Waals surface area contributed by atoms with Gasteiger partial charge in [-0.05, 0) is 32.1 Å². The predicted octanol–water partition coefficient (Wildman–Crippen LogP) is 2.84. The van der Waals surface area contributed by atoms with E-state index < -0.39 is 0 Å². The van der Waals surface area contributed by atoms with Gasteiger partial charge in [0.15, 0.2) is 0 Å². The molecule has 56 valence electrons. The monoisotopic (exact) mass is 136 g/mol. The molecule has 10 heavy (non-hydrogen) atoms. The quantitative estimate of drug-likeness (QED) is 0.449. The molecule has 1 unspecified atom stereocenters. The maximum atomic E-state index is 3.30. The maximum absolute atomic E-state index is 3.30. The topological polar surface area (TPSA) is 0 Å². The van der Waals surface area contributed by atoms with Crippen molar-refractivity contribution in [3.05, 3.63) is 0 Å². The fraction of sp³-hybridized carbons (Fsp3) is 0.800. The molecule has 1 rings (SSSR count). The fourth-order valence-corrected chi connectivity index (χ4v) is 1.51. The Morgan fingerprint density at radius 3 is 1.80 bits per heavy atom. The highest BCUT2D eigenvalue weighted by molar-refractivity contribution is 5.18. The van der Waals surface area contributed by atoms with Crippen LogP contribution in [-0.4, -0.2) is 0 Å². The van der Waals surface area contributed by atoms with Crippen molar-refractivity contribution in [2.75, 3.05) is 0 Å². The molecule has 0 aliphatic heterocycles. The summed E-state index contributed by atoms with van der Waals surface area (Å²) in [6.07, 6.45) is 2.61. The molecule has 1 fully saturated rings. The van der Waals surface area contributed by atoms with Crippen LogP contribution in [0, 0.1) is 22.7 Å². The van der Waals surface area contributed by atoms with Crippen LogP contribution >= 0.6 is 0 Å². The molecule has 0 saturated heterocycles. The molecular weight excluding hydrogens is 120 g/mol. The van der Waals surface area contributed by atoms with Crippen molar-refractivity contribution in [1.29, 1.82) is 0 Å². The number of rotatable bonds is 0. The molecule has 0 aromatic carbocycles. The van der Waals surface area contributed by atoms with E-state index >= 15 is 0 Å². The molecule has 0 nitrogen and oxygen atoms in total. The van der Waals surface area contributed by atoms with Crippen molar-refractivity contribution in [2.24, 2.45) is 10.8 Å². The lowest BCUT2D eigenvalue weighted by molar-refractivity contribution is 0.0215. The minimum atomic E-state index is 0.307. The number of hydrogen-bond acceptors (Lipinski definition) is 0. The standard InChI is InChI=1S/C10H16/c1-5-6-10(4)8-7-9(10,2)3/h7-8H2,1-4H3. The van der Waals surface area contributed by atoms with Crippen LogP contribution in [0.1, 0.15) is 40.5 Å². The summed E-state index contributed by atoms with van der Waals surface area (Å²) in [5.41, 5.74) is 0.762. The largest absolute Gasteiger partial charge is 0.106 e. The lowest BCUT2D eigenvalue weighted by Gasteiger charge is -2.51. The van der Waals surface area contributed by atoms with Gasteiger partial charge in [-0.1, -0.05) is 19.8 Å². The molecule has 1 saturated carbocycles. The van der Waals surface area contributed by atoms with E-state index in [0.717, 1.165) is 0 Å². The Kier molecular flexibility index (Phi) is 1.55. The van der Waals surface area contributed by atoms with Crippen LogP contribution in [0.25, 0.3) is 0 Å². The van der Waals surface area contributed by atoms with E-state index in [1.54, 1.807) is 0 Å². The highest BCUT2D eigenvalue weighted by Gasteiger charge is 2.47. The molecule has 0 heterocycles. The average molecular weight is 136 g/mol. The first-order valence-electron chi connectivity index (χ1n) is 3.96. The Balaban J connectivity index is 2.77. The summed E-state index contributed by atoms with van der Waals surface area (Å²) in [7, 11) is 0. The van der Waals surface area contributed by atoms with Crippen LogP contribution in [-0.2, 0) is 0 Å². The van der Waals surface area contributed by atoms with E-state index in [4.69, 9.17) is 0 Å². The molecule has 1 aliphatic rings. The molecular formula is C10H16. The van der Waals surface area contributed by atoms with Crippen molar-refractivity contribution in [1.82, 2.24) is 0 Å². The van der Waals surface area contributed by atoms with Gasteiger partial charge in [0.2, 0.25) is 0 Å². The van der Waals surface area contributed by atoms with Crippen molar-refractivity contribution < 1.29 is 0 Å². The third-order valence-electron chi connectivity index (χ3n) is 3.14. The van der Waals surface area contributed by atoms with Crippen molar-refractivity contribution in [3.63, 3.8) is 0 Å². The van der Waals surface area contributed by atoms with Crippen LogP contribution in [0.15, 0.2) is 0 Å². The smallest absolute Gasteiger partial charge is 0.0337 e. The second-order valence-corrected chi connectivity index (χ2v) is 4.09. The fourth-order valence-electron chi connectivity index (χ4n) is 1.51. The second kappa shape index (κ2) is 2.02. The van der Waals surface area contributed by atoms with E-state index in [1.165, 1.54) is 12.8 Å². The SMILES string of the molecule is CC#CC1(C)CCC1(C)C. The predicted molar refractivity (Wildman–Crippen MR) is 44.6 cm³/mol. The van der Waals surface area contributed by atoms with Gasteiger partial charge in [-0.3, -0.25) is 0 Å². The van der Waals surface area contributed by atoms with Gasteiger partial charge < -0.3 is 0 Å². The van der Waals surface area contributed by atoms with Gasteiger partial charge in [-0.2, -0.15) is 0 Å². The van der Waals surface area contributed by atoms with Crippen LogP contribution in [0.4, 0.5) is 0 Å². The first-order valence-corrected chi connectivity index (χ1v) is 3.96. The maximum Gasteiger partial charge on any atom is 0.0337 e. The minimum absolute atomic E-state index is 0.307. The molecule has 1 atom stereocenters. The Morgan fingerprint density at radius 1 is 1.10 bits per heavy atom. The van der Waals surface area contributed by atoms with Crippen LogP contribution in [0.3, 0.4) is 0 Å². The Morgan fingerprint density at radius 2 is 1.70 bits per heavy atom. The Bertz CT molecular complexity index is 190. The zero-order chi connectivity index (χ0) is 7.83. The average Bonchev–Trinajstić information content (AvgIpc) is 1.86. The van der Waals surface area contributed by atoms with Crippen LogP contribution < -0.4 is 0 Å². The van der Waals surface area contributed by atoms with Gasteiger partial charge in [0.05, 0.1) is 0 Å². The number of hydrogen-bond donors (Lipinski definition) is 0. The first-order chi connectivity index (χ1) is 4.52. The van der Waals surface area contributed by atoms with Crippen LogP contribution in [0.2, 0.25) is 0 Å². The Hall–Kier alpha value is -0.440. The molecule has 0 spiro atoms. The van der Waals surface area contributed by atoms with Crippen molar-refractivity contribution in [3.8, 4) is 11.8 Å². The summed E-state index contributed by atoms with van der Waals surface area (Å²) < 4.78 is 0. The molecule has 0 radical (unpaired) electrons. The summed E-state index contributed by atoms with van der Waals surface area (Å²) in [6, 6.07) is 0. The van der Waals surface area contributed by atoms with Gasteiger partial charge >= 0.3 is 0 Å². The summed E-state index contributed by atoms with van der Waals surface area (Å²) in [6.45, 7) is 8.81. The van der Waals surface area contributed by atoms with Gasteiger partial charge in [0.25, 0.3) is 0 Å². The third kappa shape index (κ3) is 0.850. The molecule has 0 amide bonds. The molecule has 1 aliphatic carbocycles. The molecule has 0 heteroatoms. The van der Waals surface area contributed by atoms with Crippen LogP contribution in [0.5, 0.6) is 0 Å². The molecule has 0 bridgehead atoms. The van der Waals surface area contributed by atoms with Crippen molar-refractivity contribution in [2.45, 2.75) is 40.5 Å². The van der Waals surface area contributed by atoms with Gasteiger partial charge in [0, 0.05) is 5.41 Å². The van der Waals surface area contributed by atoms with Gasteiger partial charge in [-0.25, -0.2) is 0 Å². The third-order valence-corrected chi connectivity index (χ3v) is 3.14. The van der Waals surface area contributed by atoms with E-state index in [0.29, 0.717) is 10.8 Å². The van der Waals surface area contributed by atoms with E-state index in [-0.39, 0.29) is 0 Å². The lowest BCUT2D eigenvalue weighted by atomic mass is 9.52. The zero-order valence-corrected chi connectivity index (χ0v) is 7.41. The minimum Gasteiger partial charge on any atom is -0.106 e. The van der Waals surface area contributed by atoms with Crippen molar-refractivity contribution >= 4 is 0 Å². The molecule has 0 N–H and O–H groups in total. The van der Waals surface area contributed by atoms with Gasteiger partial charge in [0.1, 0.15) is 0 Å². The molecule has 0 aromatic heterocycles. The first kappa shape index (κ1) is 7.66. The van der Waals surface area contributed by atoms with E-state index in [1.807, 2.05) is 6.92 Å². The Labute approximate surface area is 64.0 Å².